The third kappa shape index (κ3) is 2.61. The summed E-state index contributed by atoms with van der Waals surface area (Å²) >= 11 is 0. The second-order valence-corrected chi connectivity index (χ2v) is 6.19. The van der Waals surface area contributed by atoms with Crippen molar-refractivity contribution in [2.24, 2.45) is 0 Å². The first-order valence-corrected chi connectivity index (χ1v) is 7.99. The van der Waals surface area contributed by atoms with Gasteiger partial charge in [-0.3, -0.25) is 0 Å². The summed E-state index contributed by atoms with van der Waals surface area (Å²) in [5.74, 6) is -0.160. The molecule has 136 valence electrons. The van der Waals surface area contributed by atoms with E-state index >= 15 is 0 Å². The van der Waals surface area contributed by atoms with Gasteiger partial charge in [-0.1, -0.05) is 12.1 Å². The van der Waals surface area contributed by atoms with Crippen LogP contribution in [-0.4, -0.2) is 48.2 Å². The van der Waals surface area contributed by atoms with Crippen molar-refractivity contribution in [2.45, 2.75) is 30.6 Å². The highest BCUT2D eigenvalue weighted by Gasteiger charge is 2.47. The minimum Gasteiger partial charge on any atom is -0.387 e. The normalized spacial score (nSPS) is 27.1. The first-order chi connectivity index (χ1) is 12.5. The standard InChI is InChI=1S/C17H17FN4O4/c18-9-3-1-8(2-4-9)11(23)14-12(24)13(25)17(26-14)22-6-5-10-15(19)20-7-21-16(10)22/h1-7,11-14,17,23-25H,(H2,19,20,21)/t11?,12-,13+,14?,17+/m0/s1. The Morgan fingerprint density at radius 1 is 1.12 bits per heavy atom. The number of nitrogens with two attached hydrogens (primary N) is 1. The van der Waals surface area contributed by atoms with Crippen LogP contribution in [0, 0.1) is 5.82 Å². The van der Waals surface area contributed by atoms with E-state index in [2.05, 4.69) is 9.97 Å². The van der Waals surface area contributed by atoms with Gasteiger partial charge in [-0.15, -0.1) is 0 Å². The second-order valence-electron chi connectivity index (χ2n) is 6.19. The Kier molecular flexibility index (Phi) is 4.08. The molecule has 2 aromatic heterocycles. The fourth-order valence-corrected chi connectivity index (χ4v) is 3.22. The second kappa shape index (κ2) is 6.29. The van der Waals surface area contributed by atoms with Crippen LogP contribution in [0.4, 0.5) is 10.2 Å². The Balaban J connectivity index is 1.65. The lowest BCUT2D eigenvalue weighted by atomic mass is 9.99. The van der Waals surface area contributed by atoms with E-state index in [9.17, 15) is 19.7 Å². The Morgan fingerprint density at radius 2 is 1.85 bits per heavy atom. The average Bonchev–Trinajstić information content (AvgIpc) is 3.18. The van der Waals surface area contributed by atoms with Gasteiger partial charge >= 0.3 is 0 Å². The molecule has 0 bridgehead atoms. The van der Waals surface area contributed by atoms with Crippen molar-refractivity contribution in [3.05, 3.63) is 54.2 Å². The maximum absolute atomic E-state index is 13.1. The number of nitrogens with zero attached hydrogens (tertiary/aromatic N) is 3. The van der Waals surface area contributed by atoms with Gasteiger partial charge in [0, 0.05) is 6.20 Å². The number of anilines is 1. The van der Waals surface area contributed by atoms with Crippen molar-refractivity contribution < 1.29 is 24.4 Å². The highest BCUT2D eigenvalue weighted by Crippen LogP contribution is 2.37. The van der Waals surface area contributed by atoms with Crippen LogP contribution in [0.1, 0.15) is 17.9 Å². The van der Waals surface area contributed by atoms with Crippen molar-refractivity contribution in [1.82, 2.24) is 14.5 Å². The molecule has 4 rings (SSSR count). The molecule has 8 nitrogen and oxygen atoms in total. The van der Waals surface area contributed by atoms with Crippen LogP contribution in [-0.2, 0) is 4.74 Å². The van der Waals surface area contributed by atoms with E-state index in [1.807, 2.05) is 0 Å². The zero-order valence-electron chi connectivity index (χ0n) is 13.5. The average molecular weight is 360 g/mol. The molecule has 5 atom stereocenters. The molecule has 5 N–H and O–H groups in total. The van der Waals surface area contributed by atoms with Crippen molar-refractivity contribution >= 4 is 16.9 Å². The van der Waals surface area contributed by atoms with Crippen molar-refractivity contribution in [1.29, 1.82) is 0 Å². The van der Waals surface area contributed by atoms with Crippen LogP contribution in [0.25, 0.3) is 11.0 Å². The van der Waals surface area contributed by atoms with Gasteiger partial charge in [0.15, 0.2) is 6.23 Å². The minimum absolute atomic E-state index is 0.282. The number of hydrogen-bond donors (Lipinski definition) is 4. The molecular weight excluding hydrogens is 343 g/mol. The number of aromatic nitrogens is 3. The van der Waals surface area contributed by atoms with Crippen LogP contribution >= 0.6 is 0 Å². The van der Waals surface area contributed by atoms with Gasteiger partial charge in [-0.2, -0.15) is 0 Å². The van der Waals surface area contributed by atoms with Gasteiger partial charge in [-0.05, 0) is 23.8 Å². The number of hydrogen-bond acceptors (Lipinski definition) is 7. The molecule has 1 aromatic carbocycles. The first-order valence-electron chi connectivity index (χ1n) is 7.99. The van der Waals surface area contributed by atoms with E-state index < -0.39 is 36.5 Å². The van der Waals surface area contributed by atoms with Gasteiger partial charge in [0.2, 0.25) is 0 Å². The number of nitrogen functional groups attached to an aromatic ring is 1. The van der Waals surface area contributed by atoms with Crippen molar-refractivity contribution in [3.63, 3.8) is 0 Å². The Hall–Kier alpha value is -2.59. The fraction of sp³-hybridized carbons (Fsp3) is 0.294. The van der Waals surface area contributed by atoms with E-state index in [0.29, 0.717) is 16.6 Å². The summed E-state index contributed by atoms with van der Waals surface area (Å²) < 4.78 is 20.3. The van der Waals surface area contributed by atoms with Crippen LogP contribution in [0.15, 0.2) is 42.9 Å². The summed E-state index contributed by atoms with van der Waals surface area (Å²) in [6.07, 6.45) is -3.07. The number of fused-ring (bicyclic) bond motifs is 1. The fourth-order valence-electron chi connectivity index (χ4n) is 3.22. The summed E-state index contributed by atoms with van der Waals surface area (Å²) in [4.78, 5) is 8.04. The number of rotatable bonds is 3. The molecule has 9 heteroatoms. The molecule has 3 heterocycles. The molecule has 1 aliphatic heterocycles. The Labute approximate surface area is 147 Å². The van der Waals surface area contributed by atoms with Gasteiger partial charge in [0.1, 0.15) is 48.0 Å². The number of ether oxygens (including phenoxy) is 1. The first kappa shape index (κ1) is 16.9. The van der Waals surface area contributed by atoms with E-state index in [0.717, 1.165) is 0 Å². The van der Waals surface area contributed by atoms with Crippen molar-refractivity contribution in [2.75, 3.05) is 5.73 Å². The van der Waals surface area contributed by atoms with Crippen LogP contribution in [0.3, 0.4) is 0 Å². The van der Waals surface area contributed by atoms with E-state index in [-0.39, 0.29) is 5.82 Å². The molecule has 0 amide bonds. The van der Waals surface area contributed by atoms with E-state index in [1.165, 1.54) is 35.2 Å². The predicted octanol–water partition coefficient (Wildman–Crippen LogP) is 0.505. The van der Waals surface area contributed by atoms with Gasteiger partial charge in [-0.25, -0.2) is 14.4 Å². The molecule has 0 aliphatic carbocycles. The molecule has 3 aromatic rings. The van der Waals surface area contributed by atoms with Crippen LogP contribution in [0.5, 0.6) is 0 Å². The third-order valence-corrected chi connectivity index (χ3v) is 4.61. The van der Waals surface area contributed by atoms with Gasteiger partial charge < -0.3 is 30.4 Å². The monoisotopic (exact) mass is 360 g/mol. The van der Waals surface area contributed by atoms with Crippen molar-refractivity contribution in [3.8, 4) is 0 Å². The molecule has 2 unspecified atom stereocenters. The predicted molar refractivity (Wildman–Crippen MR) is 89.2 cm³/mol. The molecule has 1 fully saturated rings. The minimum atomic E-state index is -1.35. The Morgan fingerprint density at radius 3 is 2.58 bits per heavy atom. The molecule has 1 aliphatic rings. The lowest BCUT2D eigenvalue weighted by molar-refractivity contribution is -0.0848. The number of aliphatic hydroxyl groups excluding tert-OH is 3. The topological polar surface area (TPSA) is 127 Å². The van der Waals surface area contributed by atoms with Crippen LogP contribution in [0.2, 0.25) is 0 Å². The largest absolute Gasteiger partial charge is 0.387 e. The zero-order chi connectivity index (χ0) is 18.4. The van der Waals surface area contributed by atoms with E-state index in [4.69, 9.17) is 10.5 Å². The number of aliphatic hydroxyl groups is 3. The molecule has 1 saturated heterocycles. The van der Waals surface area contributed by atoms with Gasteiger partial charge in [0.25, 0.3) is 0 Å². The maximum Gasteiger partial charge on any atom is 0.164 e. The molecule has 0 radical (unpaired) electrons. The SMILES string of the molecule is Nc1ncnc2c1ccn2[C@@H]1OC(C(O)c2ccc(F)cc2)[C@@H](O)[C@H]1O. The summed E-state index contributed by atoms with van der Waals surface area (Å²) in [6, 6.07) is 6.88. The lowest BCUT2D eigenvalue weighted by Gasteiger charge is -2.21. The molecule has 26 heavy (non-hydrogen) atoms. The smallest absolute Gasteiger partial charge is 0.164 e. The maximum atomic E-state index is 13.1. The molecule has 0 saturated carbocycles. The summed E-state index contributed by atoms with van der Waals surface area (Å²) in [5, 5.41) is 31.9. The highest BCUT2D eigenvalue weighted by atomic mass is 19.1. The summed E-state index contributed by atoms with van der Waals surface area (Å²) in [5.41, 5.74) is 6.61. The molecule has 0 spiro atoms. The Bertz CT molecular complexity index is 932. The lowest BCUT2D eigenvalue weighted by Crippen LogP contribution is -2.34. The summed E-state index contributed by atoms with van der Waals surface area (Å²) in [6.45, 7) is 0. The highest BCUT2D eigenvalue weighted by molar-refractivity contribution is 5.86. The molecular formula is C17H17FN4O4. The quantitative estimate of drug-likeness (QED) is 0.536. The number of halogens is 1. The van der Waals surface area contributed by atoms with Gasteiger partial charge in [0.05, 0.1) is 5.39 Å². The van der Waals surface area contributed by atoms with E-state index in [1.54, 1.807) is 12.3 Å². The number of benzene rings is 1. The summed E-state index contributed by atoms with van der Waals surface area (Å²) in [7, 11) is 0. The van der Waals surface area contributed by atoms with Crippen LogP contribution < -0.4 is 5.73 Å². The zero-order valence-corrected chi connectivity index (χ0v) is 13.5. The third-order valence-electron chi connectivity index (χ3n) is 4.61.